The van der Waals surface area contributed by atoms with Gasteiger partial charge in [-0.05, 0) is 95.9 Å². The van der Waals surface area contributed by atoms with Crippen LogP contribution in [0.15, 0.2) is 60.7 Å². The van der Waals surface area contributed by atoms with Gasteiger partial charge in [-0.25, -0.2) is 0 Å². The molecule has 0 nitrogen and oxygen atoms in total. The molecular formula is C26H26. The molecule has 8 rings (SSSR count). The molecule has 0 saturated heterocycles. The number of hydrogen-bond donors (Lipinski definition) is 0. The SMILES string of the molecule is c1cc2cc(c1)CCc1cc3ccc1CCc1ccc(cc1CC2)CC3. The molecule has 3 aromatic rings. The molecular weight excluding hydrogens is 312 g/mol. The van der Waals surface area contributed by atoms with Gasteiger partial charge in [-0.3, -0.25) is 0 Å². The largest absolute Gasteiger partial charge is 0.0617 e. The van der Waals surface area contributed by atoms with Gasteiger partial charge in [-0.1, -0.05) is 60.7 Å². The summed E-state index contributed by atoms with van der Waals surface area (Å²) in [5, 5.41) is 0. The molecule has 0 heteroatoms. The minimum Gasteiger partial charge on any atom is -0.0617 e. The second kappa shape index (κ2) is 6.76. The van der Waals surface area contributed by atoms with Gasteiger partial charge in [0, 0.05) is 0 Å². The number of hydrogen-bond acceptors (Lipinski definition) is 0. The monoisotopic (exact) mass is 338 g/mol. The number of rotatable bonds is 0. The van der Waals surface area contributed by atoms with E-state index < -0.39 is 0 Å². The van der Waals surface area contributed by atoms with Crippen LogP contribution in [0.2, 0.25) is 0 Å². The number of fused-ring (bicyclic) bond motifs is 2. The molecule has 0 amide bonds. The Morgan fingerprint density at radius 3 is 1.31 bits per heavy atom. The predicted molar refractivity (Wildman–Crippen MR) is 109 cm³/mol. The van der Waals surface area contributed by atoms with E-state index in [4.69, 9.17) is 0 Å². The lowest BCUT2D eigenvalue weighted by molar-refractivity contribution is 0.857. The summed E-state index contributed by atoms with van der Waals surface area (Å²) in [5.41, 5.74) is 12.2. The summed E-state index contributed by atoms with van der Waals surface area (Å²) in [6, 6.07) is 23.8. The Labute approximate surface area is 156 Å². The maximum Gasteiger partial charge on any atom is -0.0235 e. The Morgan fingerprint density at radius 2 is 0.769 bits per heavy atom. The van der Waals surface area contributed by atoms with E-state index in [0.29, 0.717) is 0 Å². The van der Waals surface area contributed by atoms with Crippen molar-refractivity contribution in [2.45, 2.75) is 51.4 Å². The van der Waals surface area contributed by atoms with E-state index in [-0.39, 0.29) is 0 Å². The highest BCUT2D eigenvalue weighted by molar-refractivity contribution is 5.39. The van der Waals surface area contributed by atoms with Crippen LogP contribution in [0.25, 0.3) is 0 Å². The van der Waals surface area contributed by atoms with E-state index in [2.05, 4.69) is 60.7 Å². The molecule has 0 spiro atoms. The molecule has 0 aromatic heterocycles. The Morgan fingerprint density at radius 1 is 0.346 bits per heavy atom. The fraction of sp³-hybridized carbons (Fsp3) is 0.308. The highest BCUT2D eigenvalue weighted by Gasteiger charge is 2.12. The third kappa shape index (κ3) is 3.21. The van der Waals surface area contributed by atoms with E-state index in [9.17, 15) is 0 Å². The van der Waals surface area contributed by atoms with Gasteiger partial charge in [0.05, 0.1) is 0 Å². The van der Waals surface area contributed by atoms with Crippen LogP contribution in [0.4, 0.5) is 0 Å². The van der Waals surface area contributed by atoms with Gasteiger partial charge >= 0.3 is 0 Å². The first kappa shape index (κ1) is 15.9. The quantitative estimate of drug-likeness (QED) is 0.511. The van der Waals surface area contributed by atoms with Crippen molar-refractivity contribution in [3.63, 3.8) is 0 Å². The lowest BCUT2D eigenvalue weighted by Crippen LogP contribution is -2.05. The Hall–Kier alpha value is -2.34. The first-order chi connectivity index (χ1) is 12.8. The average Bonchev–Trinajstić information content (AvgIpc) is 2.67. The van der Waals surface area contributed by atoms with Crippen molar-refractivity contribution in [2.24, 2.45) is 0 Å². The van der Waals surface area contributed by atoms with Crippen molar-refractivity contribution in [3.05, 3.63) is 105 Å². The van der Waals surface area contributed by atoms with Gasteiger partial charge in [-0.2, -0.15) is 0 Å². The summed E-state index contributed by atoms with van der Waals surface area (Å²) in [5.74, 6) is 0. The van der Waals surface area contributed by atoms with Gasteiger partial charge in [0.25, 0.3) is 0 Å². The van der Waals surface area contributed by atoms with Crippen molar-refractivity contribution in [1.29, 1.82) is 0 Å². The van der Waals surface area contributed by atoms with Crippen molar-refractivity contribution in [2.75, 3.05) is 0 Å². The van der Waals surface area contributed by atoms with Crippen molar-refractivity contribution in [1.82, 2.24) is 0 Å². The molecule has 5 aliphatic carbocycles. The van der Waals surface area contributed by atoms with Crippen LogP contribution in [-0.2, 0) is 51.4 Å². The Balaban J connectivity index is 1.66. The predicted octanol–water partition coefficient (Wildman–Crippen LogP) is 5.45. The summed E-state index contributed by atoms with van der Waals surface area (Å²) in [4.78, 5) is 0. The summed E-state index contributed by atoms with van der Waals surface area (Å²) in [7, 11) is 0. The highest BCUT2D eigenvalue weighted by Crippen LogP contribution is 2.24. The summed E-state index contributed by atoms with van der Waals surface area (Å²) < 4.78 is 0. The van der Waals surface area contributed by atoms with E-state index in [1.54, 1.807) is 22.3 Å². The molecule has 0 saturated carbocycles. The topological polar surface area (TPSA) is 0 Å². The van der Waals surface area contributed by atoms with Gasteiger partial charge in [0.1, 0.15) is 0 Å². The van der Waals surface area contributed by atoms with Gasteiger partial charge in [0.15, 0.2) is 0 Å². The van der Waals surface area contributed by atoms with Gasteiger partial charge in [0.2, 0.25) is 0 Å². The molecule has 0 unspecified atom stereocenters. The maximum atomic E-state index is 2.49. The van der Waals surface area contributed by atoms with Crippen LogP contribution in [0.1, 0.15) is 44.5 Å². The molecule has 0 atom stereocenters. The fourth-order valence-corrected chi connectivity index (χ4v) is 4.68. The fourth-order valence-electron chi connectivity index (χ4n) is 4.68. The molecule has 130 valence electrons. The molecule has 26 heavy (non-hydrogen) atoms. The van der Waals surface area contributed by atoms with Crippen LogP contribution in [-0.4, -0.2) is 0 Å². The summed E-state index contributed by atoms with van der Waals surface area (Å²) in [6.45, 7) is 0. The average molecular weight is 338 g/mol. The Kier molecular flexibility index (Phi) is 4.13. The second-order valence-electron chi connectivity index (χ2n) is 8.03. The first-order valence-corrected chi connectivity index (χ1v) is 10.1. The van der Waals surface area contributed by atoms with E-state index in [1.165, 1.54) is 35.1 Å². The molecule has 0 aliphatic heterocycles. The van der Waals surface area contributed by atoms with Crippen molar-refractivity contribution >= 4 is 0 Å². The van der Waals surface area contributed by atoms with E-state index in [0.717, 1.165) is 38.5 Å². The Bertz CT molecular complexity index is 873. The molecule has 8 bridgehead atoms. The molecule has 3 aromatic carbocycles. The zero-order valence-corrected chi connectivity index (χ0v) is 15.4. The third-order valence-corrected chi connectivity index (χ3v) is 6.26. The highest BCUT2D eigenvalue weighted by atomic mass is 14.2. The molecule has 0 N–H and O–H groups in total. The smallest absolute Gasteiger partial charge is 0.0235 e. The number of benzene rings is 3. The zero-order chi connectivity index (χ0) is 17.3. The summed E-state index contributed by atoms with van der Waals surface area (Å²) >= 11 is 0. The summed E-state index contributed by atoms with van der Waals surface area (Å²) in [6.07, 6.45) is 9.27. The zero-order valence-electron chi connectivity index (χ0n) is 15.4. The van der Waals surface area contributed by atoms with Crippen molar-refractivity contribution < 1.29 is 0 Å². The number of aryl methyl sites for hydroxylation is 8. The van der Waals surface area contributed by atoms with Crippen LogP contribution in [0, 0.1) is 0 Å². The second-order valence-corrected chi connectivity index (χ2v) is 8.03. The molecule has 0 radical (unpaired) electrons. The lowest BCUT2D eigenvalue weighted by atomic mass is 9.89. The maximum absolute atomic E-state index is 2.49. The van der Waals surface area contributed by atoms with E-state index >= 15 is 0 Å². The normalized spacial score (nSPS) is 16.0. The van der Waals surface area contributed by atoms with Crippen LogP contribution >= 0.6 is 0 Å². The van der Waals surface area contributed by atoms with Crippen LogP contribution in [0.5, 0.6) is 0 Å². The standard InChI is InChI=1S/C26H26/c1-2-19-8-12-25-17-21-4-5-22-7-11-24(15-14-23(25)10-6-21)26(18-22)13-9-20(3-1)16-19/h1-3,6-7,10-11,16-18H,4-5,8-9,12-15H2. The molecule has 0 heterocycles. The van der Waals surface area contributed by atoms with Crippen LogP contribution < -0.4 is 0 Å². The van der Waals surface area contributed by atoms with Gasteiger partial charge < -0.3 is 0 Å². The van der Waals surface area contributed by atoms with Crippen molar-refractivity contribution in [3.8, 4) is 0 Å². The third-order valence-electron chi connectivity index (χ3n) is 6.26. The minimum atomic E-state index is 1.15. The van der Waals surface area contributed by atoms with Gasteiger partial charge in [-0.15, -0.1) is 0 Å². The van der Waals surface area contributed by atoms with Crippen LogP contribution in [0.3, 0.4) is 0 Å². The van der Waals surface area contributed by atoms with E-state index in [1.807, 2.05) is 0 Å². The lowest BCUT2D eigenvalue weighted by Gasteiger charge is -2.16. The first-order valence-electron chi connectivity index (χ1n) is 10.1. The minimum absolute atomic E-state index is 1.15. The molecule has 5 aliphatic rings. The molecule has 0 fully saturated rings.